The number of hydrogen-bond donors (Lipinski definition) is 2. The van der Waals surface area contributed by atoms with Crippen molar-refractivity contribution < 1.29 is 5.11 Å². The van der Waals surface area contributed by atoms with E-state index in [4.69, 9.17) is 5.73 Å². The van der Waals surface area contributed by atoms with Crippen molar-refractivity contribution >= 4 is 0 Å². The van der Waals surface area contributed by atoms with Crippen molar-refractivity contribution in [1.29, 1.82) is 0 Å². The summed E-state index contributed by atoms with van der Waals surface area (Å²) < 4.78 is 0. The van der Waals surface area contributed by atoms with E-state index >= 15 is 0 Å². The molecule has 0 spiro atoms. The van der Waals surface area contributed by atoms with Gasteiger partial charge in [0.1, 0.15) is 0 Å². The molecule has 0 amide bonds. The van der Waals surface area contributed by atoms with Crippen molar-refractivity contribution in [3.8, 4) is 0 Å². The van der Waals surface area contributed by atoms with E-state index in [-0.39, 0.29) is 0 Å². The molecule has 1 unspecified atom stereocenters. The Morgan fingerprint density at radius 1 is 1.13 bits per heavy atom. The van der Waals surface area contributed by atoms with Crippen LogP contribution < -0.4 is 5.73 Å². The summed E-state index contributed by atoms with van der Waals surface area (Å²) in [7, 11) is 0. The van der Waals surface area contributed by atoms with Crippen LogP contribution >= 0.6 is 0 Å². The summed E-state index contributed by atoms with van der Waals surface area (Å²) in [6, 6.07) is 0. The van der Waals surface area contributed by atoms with Gasteiger partial charge in [-0.25, -0.2) is 0 Å². The van der Waals surface area contributed by atoms with Crippen LogP contribution in [-0.4, -0.2) is 41.8 Å². The lowest BCUT2D eigenvalue weighted by atomic mass is 10.1. The van der Waals surface area contributed by atoms with Crippen LogP contribution in [0.4, 0.5) is 0 Å². The van der Waals surface area contributed by atoms with Crippen LogP contribution in [0.3, 0.4) is 0 Å². The predicted octanol–water partition coefficient (Wildman–Crippen LogP) is 1.60. The van der Waals surface area contributed by atoms with Crippen LogP contribution in [-0.2, 0) is 0 Å². The first kappa shape index (κ1) is 14.9. The van der Waals surface area contributed by atoms with Gasteiger partial charge in [0.15, 0.2) is 0 Å². The molecule has 0 fully saturated rings. The van der Waals surface area contributed by atoms with E-state index in [0.717, 1.165) is 13.1 Å². The maximum Gasteiger partial charge on any atom is 0.0867 e. The van der Waals surface area contributed by atoms with E-state index in [1.807, 2.05) is 6.92 Å². The summed E-state index contributed by atoms with van der Waals surface area (Å²) in [6.45, 7) is 9.39. The third kappa shape index (κ3) is 7.77. The Labute approximate surface area is 94.6 Å². The zero-order valence-electron chi connectivity index (χ0n) is 10.6. The molecular weight excluding hydrogens is 188 g/mol. The number of nitrogens with two attached hydrogens (primary N) is 1. The molecule has 0 radical (unpaired) electrons. The molecule has 0 bridgehead atoms. The van der Waals surface area contributed by atoms with Gasteiger partial charge >= 0.3 is 0 Å². The Hall–Kier alpha value is -0.120. The highest BCUT2D eigenvalue weighted by Gasteiger charge is 2.21. The maximum absolute atomic E-state index is 9.93. The van der Waals surface area contributed by atoms with E-state index in [1.165, 1.54) is 25.7 Å². The van der Waals surface area contributed by atoms with E-state index in [1.54, 1.807) is 0 Å². The lowest BCUT2D eigenvalue weighted by molar-refractivity contribution is 0.0265. The van der Waals surface area contributed by atoms with Gasteiger partial charge in [0.05, 0.1) is 5.60 Å². The maximum atomic E-state index is 9.93. The average Bonchev–Trinajstić information content (AvgIpc) is 2.22. The van der Waals surface area contributed by atoms with Crippen LogP contribution in [0.5, 0.6) is 0 Å². The normalized spacial score (nSPS) is 15.6. The number of unbranched alkanes of at least 4 members (excludes halogenated alkanes) is 2. The Morgan fingerprint density at radius 3 is 1.93 bits per heavy atom. The summed E-state index contributed by atoms with van der Waals surface area (Å²) >= 11 is 0. The summed E-state index contributed by atoms with van der Waals surface area (Å²) in [5.74, 6) is 0. The van der Waals surface area contributed by atoms with Crippen LogP contribution in [0.2, 0.25) is 0 Å². The molecule has 0 aromatic carbocycles. The molecule has 0 aliphatic heterocycles. The molecule has 0 saturated heterocycles. The molecule has 0 aliphatic carbocycles. The highest BCUT2D eigenvalue weighted by molar-refractivity contribution is 4.78. The summed E-state index contributed by atoms with van der Waals surface area (Å²) in [4.78, 5) is 2.33. The van der Waals surface area contributed by atoms with Gasteiger partial charge in [-0.05, 0) is 32.9 Å². The zero-order chi connectivity index (χ0) is 11.7. The Morgan fingerprint density at radius 2 is 1.60 bits per heavy atom. The highest BCUT2D eigenvalue weighted by Crippen LogP contribution is 2.07. The molecule has 0 aliphatic rings. The number of aliphatic hydroxyl groups is 1. The molecule has 92 valence electrons. The van der Waals surface area contributed by atoms with Gasteiger partial charge in [0, 0.05) is 13.1 Å². The molecule has 1 atom stereocenters. The third-order valence-corrected chi connectivity index (χ3v) is 2.66. The first-order chi connectivity index (χ1) is 7.05. The molecule has 0 saturated carbocycles. The van der Waals surface area contributed by atoms with Gasteiger partial charge in [-0.15, -0.1) is 0 Å². The molecule has 0 heterocycles. The van der Waals surface area contributed by atoms with Gasteiger partial charge in [-0.2, -0.15) is 0 Å². The smallest absolute Gasteiger partial charge is 0.0867 e. The Balaban J connectivity index is 3.98. The molecule has 3 heteroatoms. The predicted molar refractivity (Wildman–Crippen MR) is 65.9 cm³/mol. The van der Waals surface area contributed by atoms with Crippen LogP contribution in [0.15, 0.2) is 0 Å². The van der Waals surface area contributed by atoms with Crippen LogP contribution in [0.25, 0.3) is 0 Å². The van der Waals surface area contributed by atoms with Crippen molar-refractivity contribution in [2.45, 2.75) is 52.1 Å². The molecule has 15 heavy (non-hydrogen) atoms. The van der Waals surface area contributed by atoms with Crippen LogP contribution in [0.1, 0.15) is 46.5 Å². The van der Waals surface area contributed by atoms with E-state index < -0.39 is 5.60 Å². The largest absolute Gasteiger partial charge is 0.388 e. The van der Waals surface area contributed by atoms with Gasteiger partial charge in [-0.1, -0.05) is 26.7 Å². The Bertz CT molecular complexity index is 141. The standard InChI is InChI=1S/C12H28N2O/c1-4-6-8-14(9-7-5-2)11-12(3,15)10-13/h15H,4-11,13H2,1-3H3. The van der Waals surface area contributed by atoms with Gasteiger partial charge < -0.3 is 15.7 Å². The molecule has 3 N–H and O–H groups in total. The average molecular weight is 216 g/mol. The summed E-state index contributed by atoms with van der Waals surface area (Å²) in [5, 5.41) is 9.93. The third-order valence-electron chi connectivity index (χ3n) is 2.66. The van der Waals surface area contributed by atoms with Crippen molar-refractivity contribution in [2.24, 2.45) is 5.73 Å². The minimum absolute atomic E-state index is 0.335. The van der Waals surface area contributed by atoms with Crippen molar-refractivity contribution in [3.05, 3.63) is 0 Å². The van der Waals surface area contributed by atoms with Crippen LogP contribution in [0, 0.1) is 0 Å². The molecule has 0 aromatic heterocycles. The van der Waals surface area contributed by atoms with Gasteiger partial charge in [-0.3, -0.25) is 0 Å². The SMILES string of the molecule is CCCCN(CCCC)CC(C)(O)CN. The Kier molecular flexibility index (Phi) is 8.02. The summed E-state index contributed by atoms with van der Waals surface area (Å²) in [5.41, 5.74) is 4.80. The lowest BCUT2D eigenvalue weighted by Gasteiger charge is -2.30. The van der Waals surface area contributed by atoms with Crippen molar-refractivity contribution in [1.82, 2.24) is 4.90 Å². The lowest BCUT2D eigenvalue weighted by Crippen LogP contribution is -2.46. The second kappa shape index (κ2) is 8.08. The first-order valence-corrected chi connectivity index (χ1v) is 6.20. The summed E-state index contributed by atoms with van der Waals surface area (Å²) in [6.07, 6.45) is 4.80. The number of nitrogens with zero attached hydrogens (tertiary/aromatic N) is 1. The fourth-order valence-electron chi connectivity index (χ4n) is 1.58. The quantitative estimate of drug-likeness (QED) is 0.615. The molecule has 3 nitrogen and oxygen atoms in total. The van der Waals surface area contributed by atoms with E-state index in [9.17, 15) is 5.11 Å². The second-order valence-electron chi connectivity index (χ2n) is 4.68. The molecule has 0 aromatic rings. The van der Waals surface area contributed by atoms with E-state index in [2.05, 4.69) is 18.7 Å². The zero-order valence-corrected chi connectivity index (χ0v) is 10.6. The van der Waals surface area contributed by atoms with E-state index in [0.29, 0.717) is 13.1 Å². The van der Waals surface area contributed by atoms with Crippen molar-refractivity contribution in [2.75, 3.05) is 26.2 Å². The fraction of sp³-hybridized carbons (Fsp3) is 1.00. The first-order valence-electron chi connectivity index (χ1n) is 6.20. The highest BCUT2D eigenvalue weighted by atomic mass is 16.3. The van der Waals surface area contributed by atoms with Crippen molar-refractivity contribution in [3.63, 3.8) is 0 Å². The minimum atomic E-state index is -0.735. The minimum Gasteiger partial charge on any atom is -0.388 e. The number of rotatable bonds is 9. The van der Waals surface area contributed by atoms with Gasteiger partial charge in [0.2, 0.25) is 0 Å². The number of hydrogen-bond acceptors (Lipinski definition) is 3. The second-order valence-corrected chi connectivity index (χ2v) is 4.68. The monoisotopic (exact) mass is 216 g/mol. The molecular formula is C12H28N2O. The fourth-order valence-corrected chi connectivity index (χ4v) is 1.58. The molecule has 0 rings (SSSR count). The topological polar surface area (TPSA) is 49.5 Å². The van der Waals surface area contributed by atoms with Gasteiger partial charge in [0.25, 0.3) is 0 Å².